The molecule has 2 aromatic heterocycles. The van der Waals surface area contributed by atoms with Gasteiger partial charge in [0.25, 0.3) is 5.56 Å². The van der Waals surface area contributed by atoms with E-state index in [9.17, 15) is 14.7 Å². The average molecular weight is 426 g/mol. The van der Waals surface area contributed by atoms with Crippen molar-refractivity contribution >= 4 is 33.1 Å². The van der Waals surface area contributed by atoms with E-state index in [4.69, 9.17) is 0 Å². The van der Waals surface area contributed by atoms with Crippen molar-refractivity contribution in [2.45, 2.75) is 53.0 Å². The van der Waals surface area contributed by atoms with E-state index in [2.05, 4.69) is 31.1 Å². The predicted octanol–water partition coefficient (Wildman–Crippen LogP) is 4.34. The second kappa shape index (κ2) is 7.87. The first-order valence-corrected chi connectivity index (χ1v) is 11.1. The van der Waals surface area contributed by atoms with Crippen LogP contribution in [0.25, 0.3) is 10.2 Å². The van der Waals surface area contributed by atoms with Crippen molar-refractivity contribution in [3.05, 3.63) is 51.4 Å². The fraction of sp³-hybridized carbons (Fsp3) is 0.435. The van der Waals surface area contributed by atoms with Crippen molar-refractivity contribution in [1.82, 2.24) is 9.55 Å². The van der Waals surface area contributed by atoms with Gasteiger partial charge in [-0.3, -0.25) is 14.2 Å². The number of carbonyl (C=O) groups excluding carboxylic acids is 1. The quantitative estimate of drug-likeness (QED) is 0.609. The zero-order valence-electron chi connectivity index (χ0n) is 17.6. The van der Waals surface area contributed by atoms with Crippen LogP contribution < -0.4 is 10.9 Å². The molecular formula is C23H27N3O3S. The van der Waals surface area contributed by atoms with Crippen LogP contribution in [0.3, 0.4) is 0 Å². The van der Waals surface area contributed by atoms with Gasteiger partial charge in [0.05, 0.1) is 17.4 Å². The van der Waals surface area contributed by atoms with E-state index in [1.165, 1.54) is 15.5 Å². The maximum absolute atomic E-state index is 13.1. The van der Waals surface area contributed by atoms with Gasteiger partial charge in [-0.15, -0.1) is 11.3 Å². The van der Waals surface area contributed by atoms with E-state index in [1.54, 1.807) is 35.9 Å². The number of benzene rings is 1. The highest BCUT2D eigenvalue weighted by molar-refractivity contribution is 7.18. The molecule has 0 bridgehead atoms. The molecule has 1 amide bonds. The van der Waals surface area contributed by atoms with Crippen LogP contribution in [-0.4, -0.2) is 20.6 Å². The number of phenolic OH excluding ortho intramolecular Hbond substituents is 1. The van der Waals surface area contributed by atoms with Crippen LogP contribution in [0, 0.1) is 11.3 Å². The fourth-order valence-electron chi connectivity index (χ4n) is 4.11. The Bertz CT molecular complexity index is 1160. The largest absolute Gasteiger partial charge is 0.506 e. The highest BCUT2D eigenvalue weighted by Gasteiger charge is 2.31. The van der Waals surface area contributed by atoms with Crippen LogP contribution in [-0.2, 0) is 24.2 Å². The normalized spacial score (nSPS) is 16.4. The van der Waals surface area contributed by atoms with Crippen LogP contribution in [0.2, 0.25) is 0 Å². The number of rotatable bonds is 4. The minimum absolute atomic E-state index is 0.0181. The molecule has 0 aliphatic heterocycles. The molecule has 1 aliphatic rings. The molecule has 4 rings (SSSR count). The second-order valence-corrected chi connectivity index (χ2v) is 10.1. The maximum Gasteiger partial charge on any atom is 0.262 e. The Morgan fingerprint density at radius 3 is 2.83 bits per heavy atom. The molecule has 3 aromatic rings. The number of aromatic nitrogens is 2. The molecule has 1 aliphatic carbocycles. The summed E-state index contributed by atoms with van der Waals surface area (Å²) in [5, 5.41) is 13.2. The number of fused-ring (bicyclic) bond motifs is 3. The van der Waals surface area contributed by atoms with Gasteiger partial charge in [0, 0.05) is 17.8 Å². The smallest absolute Gasteiger partial charge is 0.262 e. The van der Waals surface area contributed by atoms with Gasteiger partial charge in [-0.2, -0.15) is 0 Å². The Balaban J connectivity index is 1.52. The van der Waals surface area contributed by atoms with Gasteiger partial charge >= 0.3 is 0 Å². The number of hydrogen-bond donors (Lipinski definition) is 2. The van der Waals surface area contributed by atoms with Crippen LogP contribution in [0.1, 0.15) is 44.1 Å². The Kier molecular flexibility index (Phi) is 5.40. The molecule has 1 unspecified atom stereocenters. The minimum Gasteiger partial charge on any atom is -0.506 e. The zero-order valence-corrected chi connectivity index (χ0v) is 18.4. The lowest BCUT2D eigenvalue weighted by Gasteiger charge is -2.33. The number of nitrogens with one attached hydrogen (secondary N) is 1. The molecule has 1 atom stereocenters. The molecular weight excluding hydrogens is 398 g/mol. The second-order valence-electron chi connectivity index (χ2n) is 9.05. The van der Waals surface area contributed by atoms with Crippen LogP contribution in [0.15, 0.2) is 35.4 Å². The molecule has 0 spiro atoms. The number of aromatic hydroxyl groups is 1. The molecule has 158 valence electrons. The summed E-state index contributed by atoms with van der Waals surface area (Å²) in [6.07, 6.45) is 4.66. The number of hydrogen-bond acceptors (Lipinski definition) is 5. The third-order valence-corrected chi connectivity index (χ3v) is 7.18. The van der Waals surface area contributed by atoms with E-state index in [-0.39, 0.29) is 35.6 Å². The lowest BCUT2D eigenvalue weighted by molar-refractivity contribution is -0.116. The standard InChI is InChI=1S/C23H27N3O3S/c1-23(2,3)14-8-9-15-18(12-14)30-21-20(15)22(29)26(13-24-21)11-10-19(28)25-16-6-4-5-7-17(16)27/h4-7,13-14,27H,8-12H2,1-3H3,(H,25,28). The molecule has 1 aromatic carbocycles. The first-order chi connectivity index (χ1) is 14.2. The summed E-state index contributed by atoms with van der Waals surface area (Å²) in [6.45, 7) is 7.08. The molecule has 0 saturated heterocycles. The highest BCUT2D eigenvalue weighted by Crippen LogP contribution is 2.41. The van der Waals surface area contributed by atoms with Gasteiger partial charge in [-0.05, 0) is 48.3 Å². The molecule has 7 heteroatoms. The topological polar surface area (TPSA) is 84.2 Å². The van der Waals surface area contributed by atoms with Crippen LogP contribution >= 0.6 is 11.3 Å². The van der Waals surface area contributed by atoms with Crippen molar-refractivity contribution < 1.29 is 9.90 Å². The number of phenols is 1. The Morgan fingerprint density at radius 2 is 2.10 bits per heavy atom. The fourth-order valence-corrected chi connectivity index (χ4v) is 5.37. The van der Waals surface area contributed by atoms with Gasteiger partial charge in [0.2, 0.25) is 5.91 Å². The highest BCUT2D eigenvalue weighted by atomic mass is 32.1. The van der Waals surface area contributed by atoms with Crippen molar-refractivity contribution in [3.8, 4) is 5.75 Å². The predicted molar refractivity (Wildman–Crippen MR) is 120 cm³/mol. The van der Waals surface area contributed by atoms with Gasteiger partial charge in [0.15, 0.2) is 0 Å². The Hall–Kier alpha value is -2.67. The number of nitrogens with zero attached hydrogens (tertiary/aromatic N) is 2. The maximum atomic E-state index is 13.1. The molecule has 0 fully saturated rings. The third kappa shape index (κ3) is 3.99. The van der Waals surface area contributed by atoms with Gasteiger partial charge in [-0.25, -0.2) is 4.98 Å². The van der Waals surface area contributed by atoms with E-state index < -0.39 is 0 Å². The summed E-state index contributed by atoms with van der Waals surface area (Å²) < 4.78 is 1.52. The Labute approximate surface area is 179 Å². The van der Waals surface area contributed by atoms with Crippen molar-refractivity contribution in [1.29, 1.82) is 0 Å². The first kappa shape index (κ1) is 20.6. The van der Waals surface area contributed by atoms with Crippen molar-refractivity contribution in [2.24, 2.45) is 11.3 Å². The number of aryl methyl sites for hydroxylation is 2. The van der Waals surface area contributed by atoms with Gasteiger partial charge in [0.1, 0.15) is 10.6 Å². The number of amides is 1. The third-order valence-electron chi connectivity index (χ3n) is 6.02. The van der Waals surface area contributed by atoms with Gasteiger partial charge < -0.3 is 10.4 Å². The number of carbonyl (C=O) groups is 1. The monoisotopic (exact) mass is 425 g/mol. The summed E-state index contributed by atoms with van der Waals surface area (Å²) >= 11 is 1.64. The van der Waals surface area contributed by atoms with E-state index in [0.717, 1.165) is 35.0 Å². The van der Waals surface area contributed by atoms with E-state index >= 15 is 0 Å². The first-order valence-electron chi connectivity index (χ1n) is 10.3. The lowest BCUT2D eigenvalue weighted by Crippen LogP contribution is -2.27. The minimum atomic E-state index is -0.260. The Morgan fingerprint density at radius 1 is 1.33 bits per heavy atom. The van der Waals surface area contributed by atoms with Crippen molar-refractivity contribution in [2.75, 3.05) is 5.32 Å². The summed E-state index contributed by atoms with van der Waals surface area (Å²) in [7, 11) is 0. The molecule has 30 heavy (non-hydrogen) atoms. The molecule has 6 nitrogen and oxygen atoms in total. The molecule has 0 radical (unpaired) electrons. The zero-order chi connectivity index (χ0) is 21.5. The van der Waals surface area contributed by atoms with E-state index in [0.29, 0.717) is 11.6 Å². The molecule has 0 saturated carbocycles. The lowest BCUT2D eigenvalue weighted by atomic mass is 9.72. The average Bonchev–Trinajstić information content (AvgIpc) is 3.07. The number of para-hydroxylation sites is 2. The molecule has 2 heterocycles. The van der Waals surface area contributed by atoms with Gasteiger partial charge in [-0.1, -0.05) is 32.9 Å². The van der Waals surface area contributed by atoms with Crippen molar-refractivity contribution in [3.63, 3.8) is 0 Å². The molecule has 2 N–H and O–H groups in total. The van der Waals surface area contributed by atoms with Crippen LogP contribution in [0.5, 0.6) is 5.75 Å². The number of thiophene rings is 1. The summed E-state index contributed by atoms with van der Waals surface area (Å²) in [6, 6.07) is 6.58. The van der Waals surface area contributed by atoms with Crippen LogP contribution in [0.4, 0.5) is 5.69 Å². The summed E-state index contributed by atoms with van der Waals surface area (Å²) in [5.74, 6) is 0.367. The summed E-state index contributed by atoms with van der Waals surface area (Å²) in [4.78, 5) is 32.0. The number of anilines is 1. The summed E-state index contributed by atoms with van der Waals surface area (Å²) in [5.41, 5.74) is 1.70. The van der Waals surface area contributed by atoms with E-state index in [1.807, 2.05) is 0 Å². The SMILES string of the molecule is CC(C)(C)C1CCc2c(sc3ncn(CCC(=O)Nc4ccccc4O)c(=O)c23)C1.